The topological polar surface area (TPSA) is 164 Å². The summed E-state index contributed by atoms with van der Waals surface area (Å²) in [6, 6.07) is 6.97. The predicted molar refractivity (Wildman–Crippen MR) is 127 cm³/mol. The number of benzene rings is 2. The number of hydrogen-bond donors (Lipinski definition) is 2. The van der Waals surface area contributed by atoms with Crippen molar-refractivity contribution in [3.05, 3.63) is 41.5 Å². The van der Waals surface area contributed by atoms with Gasteiger partial charge in [0, 0.05) is 33.3 Å². The number of anilines is 1. The fourth-order valence-electron chi connectivity index (χ4n) is 3.12. The number of nitrogens with one attached hydrogen (secondary N) is 1. The van der Waals surface area contributed by atoms with Gasteiger partial charge in [-0.05, 0) is 36.8 Å². The van der Waals surface area contributed by atoms with E-state index in [1.165, 1.54) is 51.3 Å². The maximum atomic E-state index is 11.8. The molecule has 0 heterocycles. The van der Waals surface area contributed by atoms with E-state index >= 15 is 0 Å². The lowest BCUT2D eigenvalue weighted by Gasteiger charge is -2.21. The summed E-state index contributed by atoms with van der Waals surface area (Å²) in [5.74, 6) is -4.85. The Balaban J connectivity index is 2.71. The van der Waals surface area contributed by atoms with Crippen molar-refractivity contribution in [2.24, 2.45) is 0 Å². The SMILES string of the molecule is COc1cc(C(OC(C)=O)OC(C)=O)cc(Oc2ccc(C(C)C(=O)O)cc2NC(C)=O)c1OC(C)=O. The highest BCUT2D eigenvalue weighted by molar-refractivity contribution is 5.91. The summed E-state index contributed by atoms with van der Waals surface area (Å²) in [6.45, 7) is 6.14. The molecule has 198 valence electrons. The summed E-state index contributed by atoms with van der Waals surface area (Å²) in [4.78, 5) is 58.3. The van der Waals surface area contributed by atoms with Crippen LogP contribution >= 0.6 is 0 Å². The zero-order valence-corrected chi connectivity index (χ0v) is 21.1. The summed E-state index contributed by atoms with van der Waals surface area (Å²) in [5, 5.41) is 11.9. The van der Waals surface area contributed by atoms with E-state index in [9.17, 15) is 29.1 Å². The third-order valence-corrected chi connectivity index (χ3v) is 4.73. The monoisotopic (exact) mass is 517 g/mol. The van der Waals surface area contributed by atoms with Crippen LogP contribution in [0, 0.1) is 0 Å². The molecule has 0 aliphatic heterocycles. The molecule has 0 radical (unpaired) electrons. The molecule has 2 N–H and O–H groups in total. The summed E-state index contributed by atoms with van der Waals surface area (Å²) in [7, 11) is 1.29. The first-order valence-electron chi connectivity index (χ1n) is 10.9. The van der Waals surface area contributed by atoms with Crippen molar-refractivity contribution in [1.29, 1.82) is 0 Å². The van der Waals surface area contributed by atoms with Crippen molar-refractivity contribution in [2.75, 3.05) is 12.4 Å². The van der Waals surface area contributed by atoms with Crippen LogP contribution in [-0.2, 0) is 33.4 Å². The van der Waals surface area contributed by atoms with Crippen molar-refractivity contribution < 1.29 is 52.8 Å². The Hall–Kier alpha value is -4.61. The smallest absolute Gasteiger partial charge is 0.310 e. The van der Waals surface area contributed by atoms with Crippen LogP contribution in [0.5, 0.6) is 23.0 Å². The highest BCUT2D eigenvalue weighted by Crippen LogP contribution is 2.44. The molecule has 0 saturated heterocycles. The third kappa shape index (κ3) is 7.95. The molecule has 2 aromatic rings. The Morgan fingerprint density at radius 3 is 1.89 bits per heavy atom. The normalized spacial score (nSPS) is 11.2. The molecule has 0 spiro atoms. The Morgan fingerprint density at radius 2 is 1.41 bits per heavy atom. The first-order valence-corrected chi connectivity index (χ1v) is 10.9. The number of carbonyl (C=O) groups is 5. The van der Waals surface area contributed by atoms with Crippen LogP contribution in [0.15, 0.2) is 30.3 Å². The first kappa shape index (κ1) is 28.6. The molecule has 1 unspecified atom stereocenters. The van der Waals surface area contributed by atoms with Crippen LogP contribution in [0.2, 0.25) is 0 Å². The molecule has 1 amide bonds. The van der Waals surface area contributed by atoms with Crippen LogP contribution in [0.25, 0.3) is 0 Å². The van der Waals surface area contributed by atoms with E-state index in [2.05, 4.69) is 5.32 Å². The summed E-state index contributed by atoms with van der Waals surface area (Å²) in [5.41, 5.74) is 0.623. The highest BCUT2D eigenvalue weighted by Gasteiger charge is 2.26. The molecule has 37 heavy (non-hydrogen) atoms. The molecule has 0 bridgehead atoms. The van der Waals surface area contributed by atoms with E-state index in [4.69, 9.17) is 23.7 Å². The predicted octanol–water partition coefficient (Wildman–Crippen LogP) is 3.68. The van der Waals surface area contributed by atoms with Crippen LogP contribution < -0.4 is 19.5 Å². The standard InChI is InChI=1S/C25H27NO11/c1-12(24(31)32)17-7-8-20(19(9-17)26-13(2)27)37-22-11-18(25(35-15(4)29)36-16(5)30)10-21(33-6)23(22)34-14(3)28/h7-12,25H,1-6H3,(H,26,27)(H,31,32). The van der Waals surface area contributed by atoms with Gasteiger partial charge in [-0.15, -0.1) is 0 Å². The second-order valence-corrected chi connectivity index (χ2v) is 7.79. The average molecular weight is 517 g/mol. The molecule has 0 fully saturated rings. The van der Waals surface area contributed by atoms with Gasteiger partial charge in [0.1, 0.15) is 0 Å². The number of aliphatic carboxylic acids is 1. The van der Waals surface area contributed by atoms with Gasteiger partial charge in [0.05, 0.1) is 18.7 Å². The zero-order valence-electron chi connectivity index (χ0n) is 21.1. The van der Waals surface area contributed by atoms with E-state index in [-0.39, 0.29) is 34.2 Å². The number of ether oxygens (including phenoxy) is 5. The number of amides is 1. The third-order valence-electron chi connectivity index (χ3n) is 4.73. The van der Waals surface area contributed by atoms with Gasteiger partial charge in [0.15, 0.2) is 17.2 Å². The van der Waals surface area contributed by atoms with E-state index in [0.717, 1.165) is 20.8 Å². The largest absolute Gasteiger partial charge is 0.493 e. The minimum atomic E-state index is -1.48. The van der Waals surface area contributed by atoms with E-state index in [1.807, 2.05) is 0 Å². The number of methoxy groups -OCH3 is 1. The maximum Gasteiger partial charge on any atom is 0.310 e. The van der Waals surface area contributed by atoms with Gasteiger partial charge in [-0.2, -0.15) is 0 Å². The number of carbonyl (C=O) groups excluding carboxylic acids is 4. The molecule has 0 aliphatic rings. The number of carboxylic acid groups (broad SMARTS) is 1. The quantitative estimate of drug-likeness (QED) is 0.268. The van der Waals surface area contributed by atoms with Gasteiger partial charge < -0.3 is 34.1 Å². The second kappa shape index (κ2) is 12.4. The van der Waals surface area contributed by atoms with Crippen LogP contribution in [0.3, 0.4) is 0 Å². The number of rotatable bonds is 10. The van der Waals surface area contributed by atoms with Gasteiger partial charge in [-0.3, -0.25) is 24.0 Å². The number of hydrogen-bond acceptors (Lipinski definition) is 10. The first-order chi connectivity index (χ1) is 17.3. The molecule has 0 aromatic heterocycles. The lowest BCUT2D eigenvalue weighted by Crippen LogP contribution is -2.15. The molecule has 1 atom stereocenters. The van der Waals surface area contributed by atoms with Crippen molar-refractivity contribution in [1.82, 2.24) is 0 Å². The lowest BCUT2D eigenvalue weighted by atomic mass is 10.0. The van der Waals surface area contributed by atoms with Crippen molar-refractivity contribution in [2.45, 2.75) is 46.8 Å². The zero-order chi connectivity index (χ0) is 27.9. The van der Waals surface area contributed by atoms with Gasteiger partial charge >= 0.3 is 23.9 Å². The van der Waals surface area contributed by atoms with Crippen LogP contribution in [-0.4, -0.2) is 42.0 Å². The van der Waals surface area contributed by atoms with Gasteiger partial charge in [0.2, 0.25) is 11.7 Å². The van der Waals surface area contributed by atoms with Gasteiger partial charge in [0.25, 0.3) is 6.29 Å². The van der Waals surface area contributed by atoms with Crippen LogP contribution in [0.1, 0.15) is 58.0 Å². The van der Waals surface area contributed by atoms with E-state index in [1.54, 1.807) is 0 Å². The molecular weight excluding hydrogens is 490 g/mol. The minimum Gasteiger partial charge on any atom is -0.493 e. The minimum absolute atomic E-state index is 0.0239. The maximum absolute atomic E-state index is 11.8. The molecule has 12 nitrogen and oxygen atoms in total. The Morgan fingerprint density at radius 1 is 0.811 bits per heavy atom. The van der Waals surface area contributed by atoms with Crippen LogP contribution in [0.4, 0.5) is 5.69 Å². The molecule has 2 aromatic carbocycles. The number of esters is 3. The Bertz CT molecular complexity index is 1210. The molecule has 0 saturated carbocycles. The van der Waals surface area contributed by atoms with Crippen molar-refractivity contribution in [3.63, 3.8) is 0 Å². The number of carboxylic acids is 1. The molecule has 0 aliphatic carbocycles. The molecular formula is C25H27NO11. The van der Waals surface area contributed by atoms with Crippen molar-refractivity contribution in [3.8, 4) is 23.0 Å². The fourth-order valence-corrected chi connectivity index (χ4v) is 3.12. The second-order valence-electron chi connectivity index (χ2n) is 7.79. The highest BCUT2D eigenvalue weighted by atomic mass is 16.7. The summed E-state index contributed by atoms with van der Waals surface area (Å²) in [6.07, 6.45) is -1.48. The van der Waals surface area contributed by atoms with E-state index < -0.39 is 42.0 Å². The Labute approximate surface area is 212 Å². The lowest BCUT2D eigenvalue weighted by molar-refractivity contribution is -0.186. The summed E-state index contributed by atoms with van der Waals surface area (Å²) < 4.78 is 26.8. The Kier molecular flexibility index (Phi) is 9.58. The van der Waals surface area contributed by atoms with Gasteiger partial charge in [-0.1, -0.05) is 6.07 Å². The van der Waals surface area contributed by atoms with Crippen molar-refractivity contribution >= 4 is 35.5 Å². The molecule has 12 heteroatoms. The summed E-state index contributed by atoms with van der Waals surface area (Å²) >= 11 is 0. The van der Waals surface area contributed by atoms with E-state index in [0.29, 0.717) is 5.56 Å². The van der Waals surface area contributed by atoms with Gasteiger partial charge in [-0.25, -0.2) is 0 Å². The molecule has 2 rings (SSSR count). The average Bonchev–Trinajstić information content (AvgIpc) is 2.78. The fraction of sp³-hybridized carbons (Fsp3) is 0.320.